The van der Waals surface area contributed by atoms with Crippen LogP contribution in [-0.4, -0.2) is 10.2 Å². The molecule has 12 heavy (non-hydrogen) atoms. The highest BCUT2D eigenvalue weighted by Gasteiger charge is 2.22. The molecular weight excluding hydrogens is 176 g/mol. The summed E-state index contributed by atoms with van der Waals surface area (Å²) in [5, 5.41) is 7.80. The fourth-order valence-corrected chi connectivity index (χ4v) is 1.77. The molecule has 66 valence electrons. The van der Waals surface area contributed by atoms with Crippen molar-refractivity contribution < 1.29 is 4.42 Å². The Balaban J connectivity index is 2.11. The summed E-state index contributed by atoms with van der Waals surface area (Å²) in [4.78, 5) is 0. The van der Waals surface area contributed by atoms with Crippen molar-refractivity contribution in [2.45, 2.75) is 37.5 Å². The van der Waals surface area contributed by atoms with Crippen LogP contribution in [0, 0.1) is 0 Å². The Hall–Kier alpha value is -0.570. The van der Waals surface area contributed by atoms with Gasteiger partial charge in [-0.15, -0.1) is 21.8 Å². The summed E-state index contributed by atoms with van der Waals surface area (Å²) < 4.78 is 5.36. The Morgan fingerprint density at radius 2 is 2.08 bits per heavy atom. The lowest BCUT2D eigenvalue weighted by molar-refractivity contribution is 0.426. The van der Waals surface area contributed by atoms with E-state index >= 15 is 0 Å². The molecule has 1 aromatic rings. The summed E-state index contributed by atoms with van der Waals surface area (Å²) in [6.07, 6.45) is 4.93. The quantitative estimate of drug-likeness (QED) is 0.666. The van der Waals surface area contributed by atoms with Gasteiger partial charge in [-0.25, -0.2) is 0 Å². The Bertz CT molecular complexity index is 255. The summed E-state index contributed by atoms with van der Waals surface area (Å²) >= 11 is 5.55. The Kier molecular flexibility index (Phi) is 2.30. The van der Waals surface area contributed by atoms with Crippen LogP contribution in [0.25, 0.3) is 0 Å². The normalized spacial score (nSPS) is 18.8. The molecule has 0 bridgehead atoms. The van der Waals surface area contributed by atoms with Crippen LogP contribution in [0.3, 0.4) is 0 Å². The van der Waals surface area contributed by atoms with Gasteiger partial charge in [0, 0.05) is 5.92 Å². The number of halogens is 1. The van der Waals surface area contributed by atoms with Crippen LogP contribution in [0.1, 0.15) is 43.4 Å². The second kappa shape index (κ2) is 3.44. The first-order valence-electron chi connectivity index (χ1n) is 4.28. The van der Waals surface area contributed by atoms with E-state index in [4.69, 9.17) is 16.0 Å². The van der Waals surface area contributed by atoms with Crippen LogP contribution in [0.4, 0.5) is 0 Å². The first kappa shape index (κ1) is 8.05. The summed E-state index contributed by atoms with van der Waals surface area (Å²) in [6.45, 7) is 0. The molecule has 4 heteroatoms. The van der Waals surface area contributed by atoms with E-state index < -0.39 is 0 Å². The van der Waals surface area contributed by atoms with E-state index in [0.29, 0.717) is 17.7 Å². The molecule has 0 aromatic carbocycles. The maximum atomic E-state index is 5.55. The van der Waals surface area contributed by atoms with Crippen molar-refractivity contribution >= 4 is 11.6 Å². The number of hydrogen-bond acceptors (Lipinski definition) is 3. The molecule has 1 aliphatic carbocycles. The van der Waals surface area contributed by atoms with Gasteiger partial charge in [-0.05, 0) is 12.8 Å². The first-order chi connectivity index (χ1) is 5.90. The minimum absolute atomic E-state index is 0.319. The summed E-state index contributed by atoms with van der Waals surface area (Å²) in [5.41, 5.74) is 0. The molecular formula is C8H11ClN2O. The van der Waals surface area contributed by atoms with E-state index in [2.05, 4.69) is 10.2 Å². The van der Waals surface area contributed by atoms with Gasteiger partial charge in [-0.3, -0.25) is 0 Å². The minimum Gasteiger partial charge on any atom is -0.424 e. The summed E-state index contributed by atoms with van der Waals surface area (Å²) in [7, 11) is 0. The first-order valence-corrected chi connectivity index (χ1v) is 4.82. The molecule has 0 saturated heterocycles. The van der Waals surface area contributed by atoms with Crippen molar-refractivity contribution in [3.05, 3.63) is 11.8 Å². The second-order valence-corrected chi connectivity index (χ2v) is 3.42. The smallest absolute Gasteiger partial charge is 0.231 e. The highest BCUT2D eigenvalue weighted by atomic mass is 35.5. The fraction of sp³-hybridized carbons (Fsp3) is 0.750. The predicted octanol–water partition coefficient (Wildman–Crippen LogP) is 2.47. The fourth-order valence-electron chi connectivity index (χ4n) is 1.66. The van der Waals surface area contributed by atoms with Crippen molar-refractivity contribution in [2.24, 2.45) is 0 Å². The standard InChI is InChI=1S/C8H11ClN2O/c9-5-7-10-11-8(12-7)6-3-1-2-4-6/h6H,1-5H2. The number of rotatable bonds is 2. The largest absolute Gasteiger partial charge is 0.424 e. The lowest BCUT2D eigenvalue weighted by atomic mass is 10.1. The van der Waals surface area contributed by atoms with E-state index in [-0.39, 0.29) is 0 Å². The van der Waals surface area contributed by atoms with Crippen LogP contribution in [-0.2, 0) is 5.88 Å². The van der Waals surface area contributed by atoms with Crippen LogP contribution in [0.15, 0.2) is 4.42 Å². The number of aromatic nitrogens is 2. The van der Waals surface area contributed by atoms with E-state index in [0.717, 1.165) is 5.89 Å². The van der Waals surface area contributed by atoms with Crippen LogP contribution in [0.5, 0.6) is 0 Å². The zero-order valence-corrected chi connectivity index (χ0v) is 7.55. The highest BCUT2D eigenvalue weighted by molar-refractivity contribution is 6.16. The van der Waals surface area contributed by atoms with E-state index in [1.807, 2.05) is 0 Å². The maximum absolute atomic E-state index is 5.55. The molecule has 0 amide bonds. The van der Waals surface area contributed by atoms with Crippen molar-refractivity contribution in [1.29, 1.82) is 0 Å². The molecule has 1 heterocycles. The van der Waals surface area contributed by atoms with Gasteiger partial charge in [-0.2, -0.15) is 0 Å². The average molecular weight is 187 g/mol. The molecule has 2 rings (SSSR count). The molecule has 0 unspecified atom stereocenters. The monoisotopic (exact) mass is 186 g/mol. The topological polar surface area (TPSA) is 38.9 Å². The number of nitrogens with zero attached hydrogens (tertiary/aromatic N) is 2. The van der Waals surface area contributed by atoms with Gasteiger partial charge in [0.05, 0.1) is 0 Å². The van der Waals surface area contributed by atoms with Gasteiger partial charge in [0.2, 0.25) is 11.8 Å². The third kappa shape index (κ3) is 1.46. The Morgan fingerprint density at radius 1 is 1.33 bits per heavy atom. The Morgan fingerprint density at radius 3 is 2.67 bits per heavy atom. The van der Waals surface area contributed by atoms with E-state index in [1.165, 1.54) is 25.7 Å². The van der Waals surface area contributed by atoms with Crippen molar-refractivity contribution in [1.82, 2.24) is 10.2 Å². The lowest BCUT2D eigenvalue weighted by Gasteiger charge is -1.99. The van der Waals surface area contributed by atoms with Gasteiger partial charge >= 0.3 is 0 Å². The molecule has 0 atom stereocenters. The zero-order chi connectivity index (χ0) is 8.39. The third-order valence-electron chi connectivity index (χ3n) is 2.30. The third-order valence-corrected chi connectivity index (χ3v) is 2.53. The second-order valence-electron chi connectivity index (χ2n) is 3.15. The SMILES string of the molecule is ClCc1nnc(C2CCCC2)o1. The highest BCUT2D eigenvalue weighted by Crippen LogP contribution is 2.33. The van der Waals surface area contributed by atoms with Crippen LogP contribution < -0.4 is 0 Å². The van der Waals surface area contributed by atoms with Crippen molar-refractivity contribution in [3.63, 3.8) is 0 Å². The molecule has 1 saturated carbocycles. The van der Waals surface area contributed by atoms with Crippen molar-refractivity contribution in [2.75, 3.05) is 0 Å². The van der Waals surface area contributed by atoms with E-state index in [1.54, 1.807) is 0 Å². The molecule has 1 fully saturated rings. The van der Waals surface area contributed by atoms with Gasteiger partial charge in [0.25, 0.3) is 0 Å². The zero-order valence-electron chi connectivity index (χ0n) is 6.79. The Labute approximate surface area is 76.1 Å². The van der Waals surface area contributed by atoms with Crippen molar-refractivity contribution in [3.8, 4) is 0 Å². The number of alkyl halides is 1. The van der Waals surface area contributed by atoms with Gasteiger partial charge < -0.3 is 4.42 Å². The molecule has 1 aliphatic rings. The molecule has 0 spiro atoms. The van der Waals surface area contributed by atoms with Gasteiger partial charge in [0.15, 0.2) is 0 Å². The van der Waals surface area contributed by atoms with Crippen LogP contribution >= 0.6 is 11.6 Å². The average Bonchev–Trinajstić information content (AvgIpc) is 2.75. The summed E-state index contributed by atoms with van der Waals surface area (Å²) in [5.74, 6) is 2.14. The van der Waals surface area contributed by atoms with Crippen LogP contribution in [0.2, 0.25) is 0 Å². The molecule has 1 aromatic heterocycles. The van der Waals surface area contributed by atoms with Gasteiger partial charge in [-0.1, -0.05) is 12.8 Å². The van der Waals surface area contributed by atoms with E-state index in [9.17, 15) is 0 Å². The van der Waals surface area contributed by atoms with Gasteiger partial charge in [0.1, 0.15) is 5.88 Å². The summed E-state index contributed by atoms with van der Waals surface area (Å²) in [6, 6.07) is 0. The molecule has 0 radical (unpaired) electrons. The molecule has 0 aliphatic heterocycles. The lowest BCUT2D eigenvalue weighted by Crippen LogP contribution is -1.91. The minimum atomic E-state index is 0.319. The number of hydrogen-bond donors (Lipinski definition) is 0. The molecule has 0 N–H and O–H groups in total. The predicted molar refractivity (Wildman–Crippen MR) is 45.1 cm³/mol. The molecule has 3 nitrogen and oxygen atoms in total. The maximum Gasteiger partial charge on any atom is 0.231 e.